The third kappa shape index (κ3) is 1.61. The molecule has 1 heterocycles. The summed E-state index contributed by atoms with van der Waals surface area (Å²) in [6.45, 7) is 8.33. The van der Waals surface area contributed by atoms with Gasteiger partial charge in [0, 0.05) is 4.90 Å². The molecule has 0 N–H and O–H groups in total. The Morgan fingerprint density at radius 3 is 2.93 bits per heavy atom. The van der Waals surface area contributed by atoms with E-state index < -0.39 is 0 Å². The number of hydrogen-bond acceptors (Lipinski definition) is 1. The van der Waals surface area contributed by atoms with Crippen LogP contribution in [0.15, 0.2) is 29.7 Å². The Bertz CT molecular complexity index is 363. The highest BCUT2D eigenvalue weighted by Gasteiger charge is 2.27. The molecule has 1 radical (unpaired) electrons. The summed E-state index contributed by atoms with van der Waals surface area (Å²) >= 11 is 1.96. The zero-order chi connectivity index (χ0) is 10.2. The normalized spacial score (nSPS) is 18.7. The van der Waals surface area contributed by atoms with E-state index in [2.05, 4.69) is 44.7 Å². The van der Waals surface area contributed by atoms with Gasteiger partial charge >= 0.3 is 0 Å². The minimum absolute atomic E-state index is 0.313. The van der Waals surface area contributed by atoms with Gasteiger partial charge < -0.3 is 0 Å². The van der Waals surface area contributed by atoms with Crippen LogP contribution in [-0.2, 0) is 5.41 Å². The number of rotatable bonds is 1. The van der Waals surface area contributed by atoms with Crippen LogP contribution in [0.3, 0.4) is 0 Å². The second-order valence-electron chi connectivity index (χ2n) is 4.37. The number of thioether (sulfide) groups is 1. The maximum Gasteiger partial charge on any atom is 0.0110 e. The summed E-state index contributed by atoms with van der Waals surface area (Å²) in [7, 11) is 0. The summed E-state index contributed by atoms with van der Waals surface area (Å²) in [5.74, 6) is 1.23. The van der Waals surface area contributed by atoms with E-state index in [0.717, 1.165) is 5.56 Å². The lowest BCUT2D eigenvalue weighted by atomic mass is 9.81. The van der Waals surface area contributed by atoms with Gasteiger partial charge in [-0.3, -0.25) is 0 Å². The topological polar surface area (TPSA) is 0 Å². The van der Waals surface area contributed by atoms with E-state index >= 15 is 0 Å². The van der Waals surface area contributed by atoms with E-state index in [4.69, 9.17) is 0 Å². The van der Waals surface area contributed by atoms with Crippen LogP contribution >= 0.6 is 11.8 Å². The van der Waals surface area contributed by atoms with Gasteiger partial charge in [0.1, 0.15) is 0 Å². The second kappa shape index (κ2) is 3.47. The molecule has 0 saturated carbocycles. The Hall–Kier alpha value is -0.690. The summed E-state index contributed by atoms with van der Waals surface area (Å²) in [4.78, 5) is 1.43. The first-order valence-electron chi connectivity index (χ1n) is 4.94. The molecule has 1 aliphatic rings. The number of fused-ring (bicyclic) bond motifs is 1. The first kappa shape index (κ1) is 9.85. The van der Waals surface area contributed by atoms with E-state index in [9.17, 15) is 0 Å². The van der Waals surface area contributed by atoms with Gasteiger partial charge in [-0.15, -0.1) is 11.8 Å². The van der Waals surface area contributed by atoms with E-state index in [0.29, 0.717) is 5.41 Å². The SMILES string of the molecule is C=[C]c1ccc2c(c1)C(C)(C)CCS2. The predicted molar refractivity (Wildman–Crippen MR) is 62.8 cm³/mol. The molecule has 0 aliphatic carbocycles. The number of hydrogen-bond donors (Lipinski definition) is 0. The predicted octanol–water partition coefficient (Wildman–Crippen LogP) is 3.80. The molecule has 0 amide bonds. The van der Waals surface area contributed by atoms with Crippen molar-refractivity contribution in [1.82, 2.24) is 0 Å². The van der Waals surface area contributed by atoms with Gasteiger partial charge in [-0.05, 0) is 46.9 Å². The molecule has 0 aromatic heterocycles. The van der Waals surface area contributed by atoms with Crippen molar-refractivity contribution in [3.05, 3.63) is 42.0 Å². The zero-order valence-corrected chi connectivity index (χ0v) is 9.58. The molecule has 1 aliphatic heterocycles. The standard InChI is InChI=1S/C13H15S/c1-4-10-5-6-12-11(9-10)13(2,3)7-8-14-12/h5-6,9H,1,7-8H2,2-3H3. The Morgan fingerprint density at radius 2 is 2.21 bits per heavy atom. The molecule has 73 valence electrons. The van der Waals surface area contributed by atoms with Gasteiger partial charge in [-0.2, -0.15) is 0 Å². The monoisotopic (exact) mass is 203 g/mol. The molecule has 1 heteroatoms. The van der Waals surface area contributed by atoms with E-state index in [1.54, 1.807) is 0 Å². The third-order valence-electron chi connectivity index (χ3n) is 2.90. The van der Waals surface area contributed by atoms with Crippen LogP contribution in [0.2, 0.25) is 0 Å². The smallest absolute Gasteiger partial charge is 0.0110 e. The fraction of sp³-hybridized carbons (Fsp3) is 0.385. The summed E-state index contributed by atoms with van der Waals surface area (Å²) in [5, 5.41) is 0. The van der Waals surface area contributed by atoms with Gasteiger partial charge in [0.25, 0.3) is 0 Å². The van der Waals surface area contributed by atoms with E-state index in [1.807, 2.05) is 11.8 Å². The Balaban J connectivity index is 2.54. The molecule has 0 fully saturated rings. The molecular weight excluding hydrogens is 188 g/mol. The van der Waals surface area contributed by atoms with Crippen molar-refractivity contribution >= 4 is 11.8 Å². The summed E-state index contributed by atoms with van der Waals surface area (Å²) in [6.07, 6.45) is 4.21. The molecule has 0 atom stereocenters. The van der Waals surface area contributed by atoms with Crippen LogP contribution < -0.4 is 0 Å². The van der Waals surface area contributed by atoms with Crippen molar-refractivity contribution in [2.75, 3.05) is 5.75 Å². The van der Waals surface area contributed by atoms with Gasteiger partial charge in [0.2, 0.25) is 0 Å². The maximum atomic E-state index is 3.70. The fourth-order valence-electron chi connectivity index (χ4n) is 1.85. The second-order valence-corrected chi connectivity index (χ2v) is 5.51. The summed E-state index contributed by atoms with van der Waals surface area (Å²) in [5.41, 5.74) is 2.88. The molecule has 1 aromatic rings. The van der Waals surface area contributed by atoms with Crippen LogP contribution in [0.1, 0.15) is 31.4 Å². The first-order chi connectivity index (χ1) is 6.63. The van der Waals surface area contributed by atoms with Crippen molar-refractivity contribution in [1.29, 1.82) is 0 Å². The molecule has 0 bridgehead atoms. The van der Waals surface area contributed by atoms with E-state index in [1.165, 1.54) is 22.6 Å². The highest BCUT2D eigenvalue weighted by molar-refractivity contribution is 7.99. The van der Waals surface area contributed by atoms with Crippen LogP contribution in [0.5, 0.6) is 0 Å². The van der Waals surface area contributed by atoms with E-state index in [-0.39, 0.29) is 0 Å². The molecule has 0 spiro atoms. The van der Waals surface area contributed by atoms with Gasteiger partial charge in [-0.1, -0.05) is 26.5 Å². The fourth-order valence-corrected chi connectivity index (χ4v) is 3.33. The molecule has 0 saturated heterocycles. The molecule has 14 heavy (non-hydrogen) atoms. The quantitative estimate of drug-likeness (QED) is 0.669. The van der Waals surface area contributed by atoms with Crippen LogP contribution in [0.25, 0.3) is 0 Å². The minimum Gasteiger partial charge on any atom is -0.126 e. The lowest BCUT2D eigenvalue weighted by Crippen LogP contribution is -2.22. The zero-order valence-electron chi connectivity index (χ0n) is 8.76. The summed E-state index contributed by atoms with van der Waals surface area (Å²) in [6, 6.07) is 6.53. The van der Waals surface area contributed by atoms with Crippen molar-refractivity contribution in [2.24, 2.45) is 0 Å². The number of benzene rings is 1. The van der Waals surface area contributed by atoms with Gasteiger partial charge in [-0.25, -0.2) is 0 Å². The molecule has 0 unspecified atom stereocenters. The van der Waals surface area contributed by atoms with Crippen molar-refractivity contribution in [2.45, 2.75) is 30.6 Å². The summed E-state index contributed by atoms with van der Waals surface area (Å²) < 4.78 is 0. The average molecular weight is 203 g/mol. The molecule has 2 rings (SSSR count). The van der Waals surface area contributed by atoms with Crippen LogP contribution in [0.4, 0.5) is 0 Å². The molecule has 0 nitrogen and oxygen atoms in total. The third-order valence-corrected chi connectivity index (χ3v) is 3.97. The van der Waals surface area contributed by atoms with Crippen molar-refractivity contribution in [3.63, 3.8) is 0 Å². The lowest BCUT2D eigenvalue weighted by molar-refractivity contribution is 0.494. The van der Waals surface area contributed by atoms with Crippen molar-refractivity contribution in [3.8, 4) is 0 Å². The Kier molecular flexibility index (Phi) is 2.44. The van der Waals surface area contributed by atoms with Gasteiger partial charge in [0.15, 0.2) is 0 Å². The molecule has 1 aromatic carbocycles. The molecular formula is C13H15S. The minimum atomic E-state index is 0.313. The largest absolute Gasteiger partial charge is 0.126 e. The maximum absolute atomic E-state index is 3.70. The van der Waals surface area contributed by atoms with Gasteiger partial charge in [0.05, 0.1) is 0 Å². The van der Waals surface area contributed by atoms with Crippen molar-refractivity contribution < 1.29 is 0 Å². The Morgan fingerprint density at radius 1 is 1.43 bits per heavy atom. The Labute approximate surface area is 90.4 Å². The highest BCUT2D eigenvalue weighted by atomic mass is 32.2. The average Bonchev–Trinajstić information content (AvgIpc) is 2.17. The first-order valence-corrected chi connectivity index (χ1v) is 5.92. The van der Waals surface area contributed by atoms with Crippen LogP contribution in [0, 0.1) is 6.08 Å². The van der Waals surface area contributed by atoms with Crippen LogP contribution in [-0.4, -0.2) is 5.75 Å². The highest BCUT2D eigenvalue weighted by Crippen LogP contribution is 2.41. The lowest BCUT2D eigenvalue weighted by Gasteiger charge is -2.32.